The Morgan fingerprint density at radius 2 is 1.35 bits per heavy atom. The van der Waals surface area contributed by atoms with E-state index in [1.807, 2.05) is 12.1 Å². The number of nitrogens with one attached hydrogen (secondary N) is 2. The summed E-state index contributed by atoms with van der Waals surface area (Å²) >= 11 is 0. The van der Waals surface area contributed by atoms with Gasteiger partial charge in [0.2, 0.25) is 0 Å². The van der Waals surface area contributed by atoms with Crippen molar-refractivity contribution in [3.05, 3.63) is 82.4 Å². The molecule has 0 fully saturated rings. The standard InChI is InChI=1S/C31H38N4O2/c1-2-3-4-5-6-21-7-9-28-24(15-21)19-25-16-22(8-10-29(25)28)23-17-26(30(36)34-13-11-32)20-27(18-23)31(37)35-14-12-33/h7-10,15-18,20H,2-6,11-14,19,32-33H2,1H3,(H,34,36)(H,35,37). The molecular formula is C31H38N4O2. The Labute approximate surface area is 219 Å². The minimum Gasteiger partial charge on any atom is -0.351 e. The van der Waals surface area contributed by atoms with E-state index in [-0.39, 0.29) is 11.8 Å². The van der Waals surface area contributed by atoms with Gasteiger partial charge in [-0.25, -0.2) is 0 Å². The fourth-order valence-electron chi connectivity index (χ4n) is 4.99. The number of rotatable bonds is 12. The van der Waals surface area contributed by atoms with Gasteiger partial charge in [0.05, 0.1) is 0 Å². The van der Waals surface area contributed by atoms with E-state index >= 15 is 0 Å². The number of unbranched alkanes of at least 4 members (excludes halogenated alkanes) is 3. The predicted molar refractivity (Wildman–Crippen MR) is 151 cm³/mol. The molecule has 4 rings (SSSR count). The summed E-state index contributed by atoms with van der Waals surface area (Å²) in [5.74, 6) is -0.500. The SMILES string of the molecule is CCCCCCc1ccc2c(c1)Cc1cc(-c3cc(C(=O)NCCN)cc(C(=O)NCCN)c3)ccc1-2. The second-order valence-electron chi connectivity index (χ2n) is 9.74. The van der Waals surface area contributed by atoms with Crippen LogP contribution in [0.5, 0.6) is 0 Å². The van der Waals surface area contributed by atoms with Crippen LogP contribution in [0.3, 0.4) is 0 Å². The van der Waals surface area contributed by atoms with Crippen molar-refractivity contribution in [3.8, 4) is 22.3 Å². The molecule has 194 valence electrons. The van der Waals surface area contributed by atoms with Crippen molar-refractivity contribution < 1.29 is 9.59 Å². The molecule has 0 saturated heterocycles. The third-order valence-corrected chi connectivity index (χ3v) is 6.92. The van der Waals surface area contributed by atoms with Crippen molar-refractivity contribution in [1.29, 1.82) is 0 Å². The van der Waals surface area contributed by atoms with Crippen LogP contribution in [0, 0.1) is 0 Å². The van der Waals surface area contributed by atoms with Crippen LogP contribution in [0.25, 0.3) is 22.3 Å². The molecule has 0 atom stereocenters. The number of carbonyl (C=O) groups is 2. The van der Waals surface area contributed by atoms with Gasteiger partial charge in [-0.1, -0.05) is 62.6 Å². The molecule has 3 aromatic carbocycles. The number of aryl methyl sites for hydroxylation is 1. The lowest BCUT2D eigenvalue weighted by Gasteiger charge is -2.12. The second-order valence-corrected chi connectivity index (χ2v) is 9.74. The summed E-state index contributed by atoms with van der Waals surface area (Å²) < 4.78 is 0. The van der Waals surface area contributed by atoms with Crippen molar-refractivity contribution in [2.45, 2.75) is 45.4 Å². The van der Waals surface area contributed by atoms with E-state index < -0.39 is 0 Å². The van der Waals surface area contributed by atoms with Crippen molar-refractivity contribution in [2.75, 3.05) is 26.2 Å². The van der Waals surface area contributed by atoms with Gasteiger partial charge in [-0.15, -0.1) is 0 Å². The molecule has 6 N–H and O–H groups in total. The number of amides is 2. The third kappa shape index (κ3) is 6.45. The maximum atomic E-state index is 12.7. The highest BCUT2D eigenvalue weighted by Crippen LogP contribution is 2.39. The van der Waals surface area contributed by atoms with Crippen molar-refractivity contribution in [2.24, 2.45) is 11.5 Å². The molecule has 0 unspecified atom stereocenters. The first kappa shape index (κ1) is 26.6. The molecule has 0 spiro atoms. The van der Waals surface area contributed by atoms with Gasteiger partial charge in [0.25, 0.3) is 11.8 Å². The molecular weight excluding hydrogens is 460 g/mol. The van der Waals surface area contributed by atoms with Crippen molar-refractivity contribution in [3.63, 3.8) is 0 Å². The summed E-state index contributed by atoms with van der Waals surface area (Å²) in [6.07, 6.45) is 7.09. The number of hydrogen-bond acceptors (Lipinski definition) is 4. The zero-order valence-electron chi connectivity index (χ0n) is 21.7. The average Bonchev–Trinajstić information content (AvgIpc) is 3.29. The van der Waals surface area contributed by atoms with E-state index in [0.29, 0.717) is 37.3 Å². The molecule has 1 aliphatic rings. The summed E-state index contributed by atoms with van der Waals surface area (Å²) in [5, 5.41) is 5.60. The Morgan fingerprint density at radius 1 is 0.730 bits per heavy atom. The number of hydrogen-bond donors (Lipinski definition) is 4. The van der Waals surface area contributed by atoms with Crippen LogP contribution in [-0.2, 0) is 12.8 Å². The Kier molecular flexibility index (Phi) is 9.09. The van der Waals surface area contributed by atoms with Crippen LogP contribution in [0.15, 0.2) is 54.6 Å². The molecule has 0 heterocycles. The van der Waals surface area contributed by atoms with Gasteiger partial charge in [-0.05, 0) is 76.4 Å². The Hall–Kier alpha value is -3.48. The van der Waals surface area contributed by atoms with Crippen molar-refractivity contribution in [1.82, 2.24) is 10.6 Å². The van der Waals surface area contributed by atoms with E-state index in [1.165, 1.54) is 53.5 Å². The number of carbonyl (C=O) groups excluding carboxylic acids is 2. The normalized spacial score (nSPS) is 11.6. The summed E-state index contributed by atoms with van der Waals surface area (Å²) in [4.78, 5) is 25.5. The monoisotopic (exact) mass is 498 g/mol. The minimum atomic E-state index is -0.250. The zero-order valence-corrected chi connectivity index (χ0v) is 21.7. The largest absolute Gasteiger partial charge is 0.351 e. The van der Waals surface area contributed by atoms with Gasteiger partial charge in [0.1, 0.15) is 0 Å². The fraction of sp³-hybridized carbons (Fsp3) is 0.355. The van der Waals surface area contributed by atoms with Crippen LogP contribution >= 0.6 is 0 Å². The van der Waals surface area contributed by atoms with Gasteiger partial charge in [0.15, 0.2) is 0 Å². The van der Waals surface area contributed by atoms with Gasteiger partial charge in [0, 0.05) is 37.3 Å². The lowest BCUT2D eigenvalue weighted by molar-refractivity contribution is 0.0954. The summed E-state index contributed by atoms with van der Waals surface area (Å²) in [6, 6.07) is 18.6. The topological polar surface area (TPSA) is 110 Å². The van der Waals surface area contributed by atoms with E-state index in [4.69, 9.17) is 11.5 Å². The highest BCUT2D eigenvalue weighted by Gasteiger charge is 2.20. The van der Waals surface area contributed by atoms with Crippen LogP contribution in [0.2, 0.25) is 0 Å². The highest BCUT2D eigenvalue weighted by molar-refractivity contribution is 6.01. The average molecular weight is 499 g/mol. The van der Waals surface area contributed by atoms with Gasteiger partial charge in [-0.2, -0.15) is 0 Å². The molecule has 0 saturated carbocycles. The lowest BCUT2D eigenvalue weighted by atomic mass is 9.95. The van der Waals surface area contributed by atoms with Gasteiger partial charge < -0.3 is 22.1 Å². The van der Waals surface area contributed by atoms with E-state index in [1.54, 1.807) is 6.07 Å². The van der Waals surface area contributed by atoms with Crippen LogP contribution in [0.4, 0.5) is 0 Å². The Bertz CT molecular complexity index is 1230. The van der Waals surface area contributed by atoms with Crippen LogP contribution < -0.4 is 22.1 Å². The Balaban J connectivity index is 1.61. The van der Waals surface area contributed by atoms with Crippen LogP contribution in [0.1, 0.15) is 70.0 Å². The first-order valence-corrected chi connectivity index (χ1v) is 13.4. The summed E-state index contributed by atoms with van der Waals surface area (Å²) in [6.45, 7) is 3.68. The molecule has 1 aliphatic carbocycles. The molecule has 6 nitrogen and oxygen atoms in total. The maximum absolute atomic E-state index is 12.7. The molecule has 6 heteroatoms. The summed E-state index contributed by atoms with van der Waals surface area (Å²) in [5.41, 5.74) is 20.4. The van der Waals surface area contributed by atoms with Crippen LogP contribution in [-0.4, -0.2) is 38.0 Å². The maximum Gasteiger partial charge on any atom is 0.251 e. The van der Waals surface area contributed by atoms with Gasteiger partial charge in [-0.3, -0.25) is 9.59 Å². The van der Waals surface area contributed by atoms with Crippen molar-refractivity contribution >= 4 is 11.8 Å². The number of nitrogens with two attached hydrogens (primary N) is 2. The third-order valence-electron chi connectivity index (χ3n) is 6.92. The Morgan fingerprint density at radius 3 is 1.97 bits per heavy atom. The van der Waals surface area contributed by atoms with E-state index in [0.717, 1.165) is 24.0 Å². The quantitative estimate of drug-likeness (QED) is 0.217. The molecule has 0 aliphatic heterocycles. The molecule has 3 aromatic rings. The molecule has 0 radical (unpaired) electrons. The van der Waals surface area contributed by atoms with E-state index in [9.17, 15) is 9.59 Å². The fourth-order valence-corrected chi connectivity index (χ4v) is 4.99. The molecule has 0 bridgehead atoms. The zero-order chi connectivity index (χ0) is 26.2. The molecule has 2 amide bonds. The van der Waals surface area contributed by atoms with Gasteiger partial charge >= 0.3 is 0 Å². The smallest absolute Gasteiger partial charge is 0.251 e. The summed E-state index contributed by atoms with van der Waals surface area (Å²) in [7, 11) is 0. The molecule has 37 heavy (non-hydrogen) atoms. The molecule has 0 aromatic heterocycles. The number of fused-ring (bicyclic) bond motifs is 3. The highest BCUT2D eigenvalue weighted by atomic mass is 16.2. The lowest BCUT2D eigenvalue weighted by Crippen LogP contribution is -2.31. The minimum absolute atomic E-state index is 0.250. The number of benzene rings is 3. The van der Waals surface area contributed by atoms with E-state index in [2.05, 4.69) is 54.0 Å². The first-order valence-electron chi connectivity index (χ1n) is 13.4. The predicted octanol–water partition coefficient (Wildman–Crippen LogP) is 4.42. The second kappa shape index (κ2) is 12.7. The first-order chi connectivity index (χ1) is 18.0.